The highest BCUT2D eigenvalue weighted by Crippen LogP contribution is 2.16. The number of β-amino-alcohol motifs (C(OH)–C–C–N with tert-alkyl or cyclic N) is 1. The van der Waals surface area contributed by atoms with Crippen LogP contribution in [0.5, 0.6) is 0 Å². The second kappa shape index (κ2) is 6.81. The topological polar surface area (TPSA) is 58.4 Å². The Morgan fingerprint density at radius 3 is 2.57 bits per heavy atom. The van der Waals surface area contributed by atoms with E-state index in [9.17, 15) is 9.90 Å². The lowest BCUT2D eigenvalue weighted by molar-refractivity contribution is 0.0767. The molecule has 1 saturated heterocycles. The van der Waals surface area contributed by atoms with Crippen molar-refractivity contribution in [3.63, 3.8) is 0 Å². The summed E-state index contributed by atoms with van der Waals surface area (Å²) in [6.45, 7) is 7.07. The summed E-state index contributed by atoms with van der Waals surface area (Å²) in [6.07, 6.45) is 1.79. The van der Waals surface area contributed by atoms with Crippen LogP contribution in [0, 0.1) is 12.8 Å². The minimum absolute atomic E-state index is 0.127. The van der Waals surface area contributed by atoms with Crippen molar-refractivity contribution in [3.05, 3.63) is 40.3 Å². The first-order valence-electron chi connectivity index (χ1n) is 8.41. The van der Waals surface area contributed by atoms with Crippen LogP contribution in [0.1, 0.15) is 25.5 Å². The number of hydrogen-bond donors (Lipinski definition) is 1. The quantitative estimate of drug-likeness (QED) is 0.935. The van der Waals surface area contributed by atoms with Gasteiger partial charge in [0.05, 0.1) is 23.7 Å². The molecule has 0 radical (unpaired) electrons. The summed E-state index contributed by atoms with van der Waals surface area (Å²) in [5, 5.41) is 16.3. The Kier molecular flexibility index (Phi) is 4.78. The number of fused-ring (bicyclic) bond motifs is 1. The molecule has 2 heterocycles. The van der Waals surface area contributed by atoms with E-state index in [-0.39, 0.29) is 12.1 Å². The lowest BCUT2D eigenvalue weighted by atomic mass is 9.99. The maximum absolute atomic E-state index is 12.5. The fourth-order valence-corrected chi connectivity index (χ4v) is 3.33. The molecule has 0 amide bonds. The van der Waals surface area contributed by atoms with E-state index in [0.29, 0.717) is 11.9 Å². The lowest BCUT2D eigenvalue weighted by Gasteiger charge is -2.31. The van der Waals surface area contributed by atoms with Gasteiger partial charge >= 0.3 is 0 Å². The van der Waals surface area contributed by atoms with Gasteiger partial charge < -0.3 is 10.0 Å². The lowest BCUT2D eigenvalue weighted by Crippen LogP contribution is -2.41. The van der Waals surface area contributed by atoms with E-state index < -0.39 is 6.10 Å². The molecule has 3 rings (SSSR count). The highest BCUT2D eigenvalue weighted by molar-refractivity contribution is 5.83. The molecule has 1 aromatic heterocycles. The fourth-order valence-electron chi connectivity index (χ4n) is 3.33. The molecule has 23 heavy (non-hydrogen) atoms. The number of aryl methyl sites for hydroxylation is 1. The van der Waals surface area contributed by atoms with Gasteiger partial charge in [0.2, 0.25) is 0 Å². The van der Waals surface area contributed by atoms with E-state index in [2.05, 4.69) is 16.9 Å². The molecule has 1 aliphatic heterocycles. The Hall–Kier alpha value is -1.72. The number of nitrogens with zero attached hydrogens (tertiary/aromatic N) is 3. The zero-order valence-corrected chi connectivity index (χ0v) is 13.9. The Labute approximate surface area is 136 Å². The van der Waals surface area contributed by atoms with E-state index in [1.54, 1.807) is 0 Å². The van der Waals surface area contributed by atoms with Crippen LogP contribution in [0.15, 0.2) is 29.1 Å². The molecule has 0 unspecified atom stereocenters. The van der Waals surface area contributed by atoms with Gasteiger partial charge in [-0.25, -0.2) is 4.68 Å². The second-order valence-corrected chi connectivity index (χ2v) is 6.76. The minimum Gasteiger partial charge on any atom is -0.390 e. The number of aliphatic hydroxyl groups excluding tert-OH is 1. The summed E-state index contributed by atoms with van der Waals surface area (Å²) in [7, 11) is 0. The first-order valence-corrected chi connectivity index (χ1v) is 8.41. The molecule has 1 aliphatic rings. The van der Waals surface area contributed by atoms with Gasteiger partial charge in [0.15, 0.2) is 0 Å². The molecule has 5 nitrogen and oxygen atoms in total. The number of hydrogen-bond acceptors (Lipinski definition) is 4. The van der Waals surface area contributed by atoms with Gasteiger partial charge in [-0.05, 0) is 44.8 Å². The molecular formula is C18H25N3O2. The zero-order chi connectivity index (χ0) is 16.4. The predicted molar refractivity (Wildman–Crippen MR) is 91.6 cm³/mol. The first kappa shape index (κ1) is 16.1. The molecule has 1 N–H and O–H groups in total. The normalized spacial score (nSPS) is 18.4. The van der Waals surface area contributed by atoms with Crippen molar-refractivity contribution in [2.45, 2.75) is 39.3 Å². The van der Waals surface area contributed by atoms with Crippen LogP contribution in [-0.2, 0) is 6.54 Å². The Morgan fingerprint density at radius 1 is 1.22 bits per heavy atom. The largest absolute Gasteiger partial charge is 0.390 e. The van der Waals surface area contributed by atoms with E-state index in [0.717, 1.165) is 30.1 Å². The predicted octanol–water partition coefficient (Wildman–Crippen LogP) is 1.80. The van der Waals surface area contributed by atoms with E-state index in [1.807, 2.05) is 31.2 Å². The SMILES string of the molecule is Cc1nn(C[C@H](O)CN2CCC(C)CC2)c(=O)c2ccccc12. The summed E-state index contributed by atoms with van der Waals surface area (Å²) in [4.78, 5) is 14.8. The second-order valence-electron chi connectivity index (χ2n) is 6.76. The monoisotopic (exact) mass is 315 g/mol. The zero-order valence-electron chi connectivity index (χ0n) is 13.9. The van der Waals surface area contributed by atoms with Gasteiger partial charge in [0.25, 0.3) is 5.56 Å². The van der Waals surface area contributed by atoms with Crippen LogP contribution in [0.3, 0.4) is 0 Å². The van der Waals surface area contributed by atoms with Crippen LogP contribution in [-0.4, -0.2) is 45.5 Å². The van der Waals surface area contributed by atoms with Gasteiger partial charge in [0.1, 0.15) is 0 Å². The molecule has 1 aromatic carbocycles. The summed E-state index contributed by atoms with van der Waals surface area (Å²) < 4.78 is 1.41. The number of piperidine rings is 1. The molecule has 0 spiro atoms. The van der Waals surface area contributed by atoms with Crippen LogP contribution >= 0.6 is 0 Å². The third-order valence-corrected chi connectivity index (χ3v) is 4.78. The van der Waals surface area contributed by atoms with Crippen molar-refractivity contribution in [3.8, 4) is 0 Å². The molecule has 0 bridgehead atoms. The Balaban J connectivity index is 1.73. The van der Waals surface area contributed by atoms with Crippen molar-refractivity contribution < 1.29 is 5.11 Å². The van der Waals surface area contributed by atoms with Crippen LogP contribution in [0.2, 0.25) is 0 Å². The van der Waals surface area contributed by atoms with Gasteiger partial charge in [-0.1, -0.05) is 25.1 Å². The van der Waals surface area contributed by atoms with Gasteiger partial charge in [0, 0.05) is 11.9 Å². The number of likely N-dealkylation sites (tertiary alicyclic amines) is 1. The maximum Gasteiger partial charge on any atom is 0.274 e. The summed E-state index contributed by atoms with van der Waals surface area (Å²) in [5.74, 6) is 0.774. The van der Waals surface area contributed by atoms with Crippen molar-refractivity contribution in [1.82, 2.24) is 14.7 Å². The van der Waals surface area contributed by atoms with E-state index in [4.69, 9.17) is 0 Å². The molecule has 0 aliphatic carbocycles. The first-order chi connectivity index (χ1) is 11.0. The van der Waals surface area contributed by atoms with Gasteiger partial charge in [-0.3, -0.25) is 4.79 Å². The van der Waals surface area contributed by atoms with E-state index in [1.165, 1.54) is 17.5 Å². The molecule has 2 aromatic rings. The number of aromatic nitrogens is 2. The molecule has 1 atom stereocenters. The summed E-state index contributed by atoms with van der Waals surface area (Å²) >= 11 is 0. The van der Waals surface area contributed by atoms with E-state index >= 15 is 0 Å². The van der Waals surface area contributed by atoms with Crippen molar-refractivity contribution in [2.24, 2.45) is 5.92 Å². The molecule has 124 valence electrons. The molecule has 1 fully saturated rings. The highest BCUT2D eigenvalue weighted by atomic mass is 16.3. The molecule has 0 saturated carbocycles. The van der Waals surface area contributed by atoms with Crippen molar-refractivity contribution in [1.29, 1.82) is 0 Å². The Bertz CT molecular complexity index is 733. The standard InChI is InChI=1S/C18H25N3O2/c1-13-7-9-20(10-8-13)11-15(22)12-21-18(23)17-6-4-3-5-16(17)14(2)19-21/h3-6,13,15,22H,7-12H2,1-2H3/t15-/m1/s1. The Morgan fingerprint density at radius 2 is 1.87 bits per heavy atom. The maximum atomic E-state index is 12.5. The highest BCUT2D eigenvalue weighted by Gasteiger charge is 2.19. The van der Waals surface area contributed by atoms with Crippen LogP contribution in [0.4, 0.5) is 0 Å². The summed E-state index contributed by atoms with van der Waals surface area (Å²) in [6, 6.07) is 7.50. The third kappa shape index (κ3) is 3.62. The van der Waals surface area contributed by atoms with Gasteiger partial charge in [-0.15, -0.1) is 0 Å². The number of benzene rings is 1. The van der Waals surface area contributed by atoms with Crippen molar-refractivity contribution in [2.75, 3.05) is 19.6 Å². The molecular weight excluding hydrogens is 290 g/mol. The van der Waals surface area contributed by atoms with Crippen molar-refractivity contribution >= 4 is 10.8 Å². The van der Waals surface area contributed by atoms with Gasteiger partial charge in [-0.2, -0.15) is 5.10 Å². The number of rotatable bonds is 4. The van der Waals surface area contributed by atoms with Crippen LogP contribution in [0.25, 0.3) is 10.8 Å². The molecule has 5 heteroatoms. The van der Waals surface area contributed by atoms with Crippen LogP contribution < -0.4 is 5.56 Å². The minimum atomic E-state index is -0.575. The average Bonchev–Trinajstić information content (AvgIpc) is 2.54. The summed E-state index contributed by atoms with van der Waals surface area (Å²) in [5.41, 5.74) is 0.691. The average molecular weight is 315 g/mol. The number of aliphatic hydroxyl groups is 1. The fraction of sp³-hybridized carbons (Fsp3) is 0.556. The third-order valence-electron chi connectivity index (χ3n) is 4.78. The smallest absolute Gasteiger partial charge is 0.274 e.